The molecular formula is C24H39N3. The number of hydrogen-bond acceptors (Lipinski definition) is 3. The maximum Gasteiger partial charge on any atom is 0.0428 e. The zero-order valence-corrected chi connectivity index (χ0v) is 18.2. The van der Waals surface area contributed by atoms with E-state index in [1.54, 1.807) is 6.20 Å². The van der Waals surface area contributed by atoms with E-state index in [-0.39, 0.29) is 0 Å². The van der Waals surface area contributed by atoms with Gasteiger partial charge in [-0.3, -0.25) is 9.97 Å². The summed E-state index contributed by atoms with van der Waals surface area (Å²) in [7, 11) is 0. The Morgan fingerprint density at radius 2 is 1.48 bits per heavy atom. The van der Waals surface area contributed by atoms with Crippen LogP contribution in [-0.2, 0) is 0 Å². The van der Waals surface area contributed by atoms with E-state index >= 15 is 0 Å². The fourth-order valence-corrected chi connectivity index (χ4v) is 2.87. The molecule has 150 valence electrons. The fraction of sp³-hybridized carbons (Fsp3) is 0.583. The predicted molar refractivity (Wildman–Crippen MR) is 117 cm³/mol. The van der Waals surface area contributed by atoms with E-state index in [1.165, 1.54) is 37.9 Å². The third-order valence-corrected chi connectivity index (χ3v) is 4.75. The second-order valence-corrected chi connectivity index (χ2v) is 8.04. The van der Waals surface area contributed by atoms with Gasteiger partial charge in [-0.05, 0) is 75.4 Å². The number of pyridine rings is 2. The number of aromatic nitrogens is 2. The van der Waals surface area contributed by atoms with Gasteiger partial charge in [-0.15, -0.1) is 0 Å². The van der Waals surface area contributed by atoms with Crippen LogP contribution in [0.3, 0.4) is 0 Å². The highest BCUT2D eigenvalue weighted by Crippen LogP contribution is 2.11. The van der Waals surface area contributed by atoms with Gasteiger partial charge in [0.1, 0.15) is 0 Å². The van der Waals surface area contributed by atoms with Gasteiger partial charge in [-0.1, -0.05) is 46.2 Å². The highest BCUT2D eigenvalue weighted by atomic mass is 15.1. The molecule has 0 N–H and O–H groups in total. The van der Waals surface area contributed by atoms with Crippen LogP contribution in [0.15, 0.2) is 48.9 Å². The molecular weight excluding hydrogens is 330 g/mol. The number of nitrogens with zero attached hydrogens (tertiary/aromatic N) is 3. The molecule has 0 radical (unpaired) electrons. The molecule has 2 aromatic heterocycles. The van der Waals surface area contributed by atoms with Gasteiger partial charge in [0.05, 0.1) is 0 Å². The van der Waals surface area contributed by atoms with Crippen molar-refractivity contribution in [1.29, 1.82) is 0 Å². The van der Waals surface area contributed by atoms with E-state index in [1.807, 2.05) is 36.7 Å². The van der Waals surface area contributed by atoms with Crippen molar-refractivity contribution in [3.8, 4) is 0 Å². The van der Waals surface area contributed by atoms with Crippen LogP contribution in [-0.4, -0.2) is 34.0 Å². The van der Waals surface area contributed by atoms with Gasteiger partial charge in [0.2, 0.25) is 0 Å². The van der Waals surface area contributed by atoms with Crippen LogP contribution in [0, 0.1) is 0 Å². The predicted octanol–water partition coefficient (Wildman–Crippen LogP) is 6.29. The number of piperidine rings is 1. The Kier molecular flexibility index (Phi) is 11.6. The summed E-state index contributed by atoms with van der Waals surface area (Å²) >= 11 is 0. The molecule has 1 saturated heterocycles. The number of likely N-dealkylation sites (tertiary alicyclic amines) is 1. The van der Waals surface area contributed by atoms with Crippen molar-refractivity contribution in [2.45, 2.75) is 78.7 Å². The molecule has 0 spiro atoms. The summed E-state index contributed by atoms with van der Waals surface area (Å²) in [6, 6.07) is 10.8. The zero-order chi connectivity index (χ0) is 20.1. The molecule has 1 fully saturated rings. The third kappa shape index (κ3) is 10.2. The zero-order valence-electron chi connectivity index (χ0n) is 18.2. The Hall–Kier alpha value is -1.74. The minimum absolute atomic E-state index is 0.547. The van der Waals surface area contributed by atoms with Crippen LogP contribution in [0.4, 0.5) is 0 Å². The molecule has 0 amide bonds. The van der Waals surface area contributed by atoms with Gasteiger partial charge in [-0.2, -0.15) is 0 Å². The van der Waals surface area contributed by atoms with Crippen LogP contribution in [0.5, 0.6) is 0 Å². The molecule has 3 heteroatoms. The van der Waals surface area contributed by atoms with Crippen LogP contribution < -0.4 is 0 Å². The van der Waals surface area contributed by atoms with Gasteiger partial charge in [-0.25, -0.2) is 0 Å². The van der Waals surface area contributed by atoms with Crippen molar-refractivity contribution in [3.63, 3.8) is 0 Å². The monoisotopic (exact) mass is 369 g/mol. The summed E-state index contributed by atoms with van der Waals surface area (Å²) in [6.45, 7) is 15.8. The maximum absolute atomic E-state index is 4.18. The minimum Gasteiger partial charge on any atom is -0.301 e. The molecule has 0 atom stereocenters. The molecule has 2 aromatic rings. The second kappa shape index (κ2) is 13.4. The molecule has 27 heavy (non-hydrogen) atoms. The molecule has 3 nitrogen and oxygen atoms in total. The van der Waals surface area contributed by atoms with E-state index in [0.29, 0.717) is 11.8 Å². The van der Waals surface area contributed by atoms with Gasteiger partial charge in [0.15, 0.2) is 0 Å². The molecule has 0 bridgehead atoms. The summed E-state index contributed by atoms with van der Waals surface area (Å²) < 4.78 is 0. The molecule has 1 aliphatic rings. The van der Waals surface area contributed by atoms with Crippen molar-refractivity contribution < 1.29 is 0 Å². The number of rotatable bonds is 3. The van der Waals surface area contributed by atoms with Crippen molar-refractivity contribution in [2.24, 2.45) is 0 Å². The van der Waals surface area contributed by atoms with Crippen molar-refractivity contribution in [3.05, 3.63) is 60.2 Å². The molecule has 0 unspecified atom stereocenters. The Morgan fingerprint density at radius 1 is 0.778 bits per heavy atom. The van der Waals surface area contributed by atoms with Gasteiger partial charge in [0.25, 0.3) is 0 Å². The minimum atomic E-state index is 0.547. The Labute approximate surface area is 167 Å². The lowest BCUT2D eigenvalue weighted by atomic mass is 10.1. The fourth-order valence-electron chi connectivity index (χ4n) is 2.87. The first-order valence-corrected chi connectivity index (χ1v) is 10.5. The molecule has 3 heterocycles. The van der Waals surface area contributed by atoms with Crippen molar-refractivity contribution in [2.75, 3.05) is 13.1 Å². The van der Waals surface area contributed by atoms with E-state index in [0.717, 1.165) is 11.7 Å². The first-order valence-electron chi connectivity index (χ1n) is 10.5. The van der Waals surface area contributed by atoms with Gasteiger partial charge < -0.3 is 4.90 Å². The topological polar surface area (TPSA) is 29.0 Å². The van der Waals surface area contributed by atoms with Crippen LogP contribution in [0.1, 0.15) is 83.9 Å². The first-order chi connectivity index (χ1) is 12.9. The molecule has 0 aromatic carbocycles. The Bertz CT molecular complexity index is 530. The normalized spacial score (nSPS) is 14.4. The molecule has 0 saturated carbocycles. The Balaban J connectivity index is 0.000000202. The average molecular weight is 370 g/mol. The van der Waals surface area contributed by atoms with Crippen molar-refractivity contribution in [1.82, 2.24) is 14.9 Å². The van der Waals surface area contributed by atoms with Crippen molar-refractivity contribution >= 4 is 0 Å². The molecule has 0 aliphatic carbocycles. The lowest BCUT2D eigenvalue weighted by Gasteiger charge is -2.29. The summed E-state index contributed by atoms with van der Waals surface area (Å²) in [4.78, 5) is 10.7. The Morgan fingerprint density at radius 3 is 1.81 bits per heavy atom. The van der Waals surface area contributed by atoms with Gasteiger partial charge in [0, 0.05) is 30.3 Å². The quantitative estimate of drug-likeness (QED) is 0.636. The first kappa shape index (κ1) is 23.3. The highest BCUT2D eigenvalue weighted by molar-refractivity contribution is 5.12. The second-order valence-electron chi connectivity index (χ2n) is 8.04. The summed E-state index contributed by atoms with van der Waals surface area (Å²) in [5.74, 6) is 1.14. The smallest absolute Gasteiger partial charge is 0.0428 e. The van der Waals surface area contributed by atoms with E-state index < -0.39 is 0 Å². The largest absolute Gasteiger partial charge is 0.301 e. The standard InChI is InChI=1S/C8H11N.C8H17N.C8H11N/c1-7(2)8-4-3-5-9-6-8;1-8(2)9-6-4-3-5-7-9;1-7(2)8-5-3-4-6-9-8/h3-7H,1-2H3;8H,3-7H2,1-2H3;3-7H,1-2H3. The van der Waals surface area contributed by atoms with Crippen LogP contribution >= 0.6 is 0 Å². The third-order valence-electron chi connectivity index (χ3n) is 4.75. The highest BCUT2D eigenvalue weighted by Gasteiger charge is 2.11. The van der Waals surface area contributed by atoms with Crippen LogP contribution in [0.25, 0.3) is 0 Å². The summed E-state index contributed by atoms with van der Waals surface area (Å²) in [5.41, 5.74) is 2.47. The summed E-state index contributed by atoms with van der Waals surface area (Å²) in [5, 5.41) is 0. The number of hydrogen-bond donors (Lipinski definition) is 0. The average Bonchev–Trinajstić information content (AvgIpc) is 2.71. The lowest BCUT2D eigenvalue weighted by molar-refractivity contribution is 0.185. The maximum atomic E-state index is 4.18. The van der Waals surface area contributed by atoms with Crippen LogP contribution in [0.2, 0.25) is 0 Å². The lowest BCUT2D eigenvalue weighted by Crippen LogP contribution is -2.35. The van der Waals surface area contributed by atoms with E-state index in [9.17, 15) is 0 Å². The summed E-state index contributed by atoms with van der Waals surface area (Å²) in [6.07, 6.45) is 9.81. The molecule has 1 aliphatic heterocycles. The SMILES string of the molecule is CC(C)N1CCCCC1.CC(C)c1ccccn1.CC(C)c1cccnc1. The van der Waals surface area contributed by atoms with E-state index in [2.05, 4.69) is 62.5 Å². The van der Waals surface area contributed by atoms with E-state index in [4.69, 9.17) is 0 Å². The molecule has 3 rings (SSSR count). The van der Waals surface area contributed by atoms with Gasteiger partial charge >= 0.3 is 0 Å².